The van der Waals surface area contributed by atoms with Crippen molar-refractivity contribution in [2.45, 2.75) is 46.1 Å². The summed E-state index contributed by atoms with van der Waals surface area (Å²) >= 11 is 0. The molecular weight excluding hydrogens is 572 g/mol. The second-order valence-electron chi connectivity index (χ2n) is 11.2. The van der Waals surface area contributed by atoms with Gasteiger partial charge < -0.3 is 29.2 Å². The molecule has 0 aliphatic carbocycles. The Kier molecular flexibility index (Phi) is 9.57. The van der Waals surface area contributed by atoms with E-state index in [1.54, 1.807) is 24.3 Å². The summed E-state index contributed by atoms with van der Waals surface area (Å²) in [6, 6.07) is 25.0. The summed E-state index contributed by atoms with van der Waals surface area (Å²) in [7, 11) is 0. The van der Waals surface area contributed by atoms with Gasteiger partial charge in [-0.1, -0.05) is 36.4 Å². The fourth-order valence-electron chi connectivity index (χ4n) is 5.06. The normalized spacial score (nSPS) is 13.4. The zero-order valence-corrected chi connectivity index (χ0v) is 25.6. The number of aliphatic hydroxyl groups excluding tert-OH is 1. The number of nitrogens with zero attached hydrogens (tertiary/aromatic N) is 1. The van der Waals surface area contributed by atoms with E-state index in [0.717, 1.165) is 44.9 Å². The number of aliphatic carboxylic acids is 1. The van der Waals surface area contributed by atoms with Crippen molar-refractivity contribution in [3.63, 3.8) is 0 Å². The van der Waals surface area contributed by atoms with E-state index in [9.17, 15) is 20.3 Å². The molecule has 0 aromatic heterocycles. The number of rotatable bonds is 12. The number of carboxylic acid groups (broad SMARTS) is 1. The molecule has 3 N–H and O–H groups in total. The second-order valence-corrected chi connectivity index (χ2v) is 11.2. The molecule has 0 saturated heterocycles. The molecular formula is C36H36N2O7. The maximum atomic E-state index is 11.8. The number of hydrogen-bond acceptors (Lipinski definition) is 8. The Morgan fingerprint density at radius 1 is 0.933 bits per heavy atom. The molecule has 45 heavy (non-hydrogen) atoms. The van der Waals surface area contributed by atoms with Crippen LogP contribution in [0, 0.1) is 25.2 Å². The molecule has 0 bridgehead atoms. The SMILES string of the molecule is Cc1cc(CNC(C)(CO)C(=O)O)c(OCc2cccc(C#N)c2)cc1OCc1cccc(-c2ccc3c(c2)OCCO3)c1C. The van der Waals surface area contributed by atoms with Crippen molar-refractivity contribution in [3.05, 3.63) is 106 Å². The number of ether oxygens (including phenoxy) is 4. The van der Waals surface area contributed by atoms with Crippen LogP contribution in [0.5, 0.6) is 23.0 Å². The summed E-state index contributed by atoms with van der Waals surface area (Å²) in [5.41, 5.74) is 5.55. The number of fused-ring (bicyclic) bond motifs is 1. The smallest absolute Gasteiger partial charge is 0.326 e. The van der Waals surface area contributed by atoms with Gasteiger partial charge >= 0.3 is 5.97 Å². The minimum Gasteiger partial charge on any atom is -0.488 e. The van der Waals surface area contributed by atoms with Crippen LogP contribution in [0.25, 0.3) is 11.1 Å². The number of carboxylic acids is 1. The Bertz CT molecular complexity index is 1750. The van der Waals surface area contributed by atoms with Crippen LogP contribution in [-0.4, -0.2) is 41.5 Å². The summed E-state index contributed by atoms with van der Waals surface area (Å²) in [5, 5.41) is 31.5. The largest absolute Gasteiger partial charge is 0.488 e. The molecule has 0 radical (unpaired) electrons. The molecule has 0 amide bonds. The van der Waals surface area contributed by atoms with E-state index in [-0.39, 0.29) is 13.2 Å². The molecule has 9 nitrogen and oxygen atoms in total. The quantitative estimate of drug-likeness (QED) is 0.186. The third kappa shape index (κ3) is 7.20. The van der Waals surface area contributed by atoms with Gasteiger partial charge in [-0.05, 0) is 84.5 Å². The van der Waals surface area contributed by atoms with Crippen LogP contribution in [0.15, 0.2) is 72.8 Å². The van der Waals surface area contributed by atoms with Crippen LogP contribution in [0.1, 0.15) is 40.3 Å². The summed E-state index contributed by atoms with van der Waals surface area (Å²) in [6.07, 6.45) is 0. The molecule has 0 saturated carbocycles. The van der Waals surface area contributed by atoms with Crippen LogP contribution in [0.4, 0.5) is 0 Å². The van der Waals surface area contributed by atoms with Gasteiger partial charge in [0, 0.05) is 18.2 Å². The molecule has 9 heteroatoms. The number of aryl methyl sites for hydroxylation is 1. The van der Waals surface area contributed by atoms with Crippen molar-refractivity contribution in [3.8, 4) is 40.2 Å². The Hall–Kier alpha value is -5.04. The first-order valence-corrected chi connectivity index (χ1v) is 14.7. The molecule has 4 aromatic carbocycles. The Balaban J connectivity index is 1.39. The molecule has 4 aromatic rings. The van der Waals surface area contributed by atoms with E-state index < -0.39 is 18.1 Å². The predicted molar refractivity (Wildman–Crippen MR) is 169 cm³/mol. The molecule has 5 rings (SSSR count). The fraction of sp³-hybridized carbons (Fsp3) is 0.278. The lowest BCUT2D eigenvalue weighted by Gasteiger charge is -2.25. The highest BCUT2D eigenvalue weighted by Gasteiger charge is 2.32. The maximum Gasteiger partial charge on any atom is 0.326 e. The van der Waals surface area contributed by atoms with Gasteiger partial charge in [-0.2, -0.15) is 5.26 Å². The molecule has 1 heterocycles. The molecule has 1 unspecified atom stereocenters. The lowest BCUT2D eigenvalue weighted by Crippen LogP contribution is -2.52. The molecule has 1 aliphatic rings. The first-order chi connectivity index (χ1) is 21.7. The number of benzene rings is 4. The van der Waals surface area contributed by atoms with Gasteiger partial charge in [0.1, 0.15) is 43.5 Å². The van der Waals surface area contributed by atoms with Crippen LogP contribution >= 0.6 is 0 Å². The number of nitriles is 1. The van der Waals surface area contributed by atoms with Crippen molar-refractivity contribution in [2.24, 2.45) is 0 Å². The maximum absolute atomic E-state index is 11.8. The van der Waals surface area contributed by atoms with Gasteiger partial charge in [-0.3, -0.25) is 10.1 Å². The van der Waals surface area contributed by atoms with Crippen molar-refractivity contribution in [1.82, 2.24) is 5.32 Å². The van der Waals surface area contributed by atoms with Gasteiger partial charge in [-0.25, -0.2) is 0 Å². The first-order valence-electron chi connectivity index (χ1n) is 14.7. The monoisotopic (exact) mass is 608 g/mol. The summed E-state index contributed by atoms with van der Waals surface area (Å²) < 4.78 is 24.0. The highest BCUT2D eigenvalue weighted by molar-refractivity contribution is 5.78. The average Bonchev–Trinajstić information content (AvgIpc) is 3.06. The lowest BCUT2D eigenvalue weighted by atomic mass is 9.96. The van der Waals surface area contributed by atoms with E-state index in [1.807, 2.05) is 49.4 Å². The van der Waals surface area contributed by atoms with Gasteiger partial charge in [0.25, 0.3) is 0 Å². The van der Waals surface area contributed by atoms with Crippen LogP contribution in [0.3, 0.4) is 0 Å². The summed E-state index contributed by atoms with van der Waals surface area (Å²) in [6.45, 7) is 6.53. The average molecular weight is 609 g/mol. The van der Waals surface area contributed by atoms with E-state index >= 15 is 0 Å². The van der Waals surface area contributed by atoms with Gasteiger partial charge in [0.15, 0.2) is 11.5 Å². The third-order valence-electron chi connectivity index (χ3n) is 7.95. The van der Waals surface area contributed by atoms with E-state index in [1.165, 1.54) is 6.92 Å². The third-order valence-corrected chi connectivity index (χ3v) is 7.95. The van der Waals surface area contributed by atoms with Crippen molar-refractivity contribution in [1.29, 1.82) is 5.26 Å². The minimum atomic E-state index is -1.53. The van der Waals surface area contributed by atoms with E-state index in [2.05, 4.69) is 24.4 Å². The van der Waals surface area contributed by atoms with Crippen LogP contribution < -0.4 is 24.3 Å². The van der Waals surface area contributed by atoms with Gasteiger partial charge in [0.2, 0.25) is 0 Å². The Morgan fingerprint density at radius 3 is 2.44 bits per heavy atom. The molecule has 0 fully saturated rings. The Labute approximate surface area is 262 Å². The van der Waals surface area contributed by atoms with E-state index in [4.69, 9.17) is 18.9 Å². The fourth-order valence-corrected chi connectivity index (χ4v) is 5.06. The second kappa shape index (κ2) is 13.7. The number of nitrogens with one attached hydrogen (secondary N) is 1. The molecule has 1 aliphatic heterocycles. The van der Waals surface area contributed by atoms with Crippen LogP contribution in [0.2, 0.25) is 0 Å². The molecule has 0 spiro atoms. The molecule has 1 atom stereocenters. The predicted octanol–water partition coefficient (Wildman–Crippen LogP) is 5.70. The summed E-state index contributed by atoms with van der Waals surface area (Å²) in [4.78, 5) is 11.8. The topological polar surface area (TPSA) is 130 Å². The number of aliphatic hydroxyl groups is 1. The minimum absolute atomic E-state index is 0.134. The number of carbonyl (C=O) groups is 1. The highest BCUT2D eigenvalue weighted by atomic mass is 16.6. The zero-order chi connectivity index (χ0) is 32.0. The Morgan fingerprint density at radius 2 is 1.69 bits per heavy atom. The van der Waals surface area contributed by atoms with Gasteiger partial charge in [0.05, 0.1) is 18.2 Å². The molecule has 232 valence electrons. The lowest BCUT2D eigenvalue weighted by molar-refractivity contribution is -0.145. The van der Waals surface area contributed by atoms with Crippen LogP contribution in [-0.2, 0) is 24.6 Å². The van der Waals surface area contributed by atoms with Crippen molar-refractivity contribution >= 4 is 5.97 Å². The van der Waals surface area contributed by atoms with Gasteiger partial charge in [-0.15, -0.1) is 0 Å². The summed E-state index contributed by atoms with van der Waals surface area (Å²) in [5.74, 6) is 1.44. The standard InChI is InChI=1S/C36H36N2O7/c1-23-14-29(19-38-36(3,22-39)35(40)41)33(44-20-26-7-4-6-25(15-26)18-37)17-32(23)45-21-28-8-5-9-30(24(28)2)27-10-11-31-34(16-27)43-13-12-42-31/h4-11,14-17,38-39H,12-13,19-22H2,1-3H3,(H,40,41). The first kappa shape index (κ1) is 31.4. The van der Waals surface area contributed by atoms with E-state index in [0.29, 0.717) is 42.4 Å². The van der Waals surface area contributed by atoms with Crippen molar-refractivity contribution in [2.75, 3.05) is 19.8 Å². The highest BCUT2D eigenvalue weighted by Crippen LogP contribution is 2.37. The zero-order valence-electron chi connectivity index (χ0n) is 25.6. The van der Waals surface area contributed by atoms with Crippen molar-refractivity contribution < 1.29 is 34.0 Å². The number of hydrogen-bond donors (Lipinski definition) is 3.